The second-order valence-electron chi connectivity index (χ2n) is 6.60. The minimum Gasteiger partial charge on any atom is -0.493 e. The van der Waals surface area contributed by atoms with Gasteiger partial charge in [-0.3, -0.25) is 4.79 Å². The van der Waals surface area contributed by atoms with Crippen LogP contribution in [-0.2, 0) is 9.53 Å². The normalized spacial score (nSPS) is 25.7. The molecule has 3 nitrogen and oxygen atoms in total. The quantitative estimate of drug-likeness (QED) is 0.621. The van der Waals surface area contributed by atoms with E-state index in [2.05, 4.69) is 36.0 Å². The molecule has 1 saturated carbocycles. The van der Waals surface area contributed by atoms with Crippen LogP contribution in [0, 0.1) is 23.0 Å². The van der Waals surface area contributed by atoms with Crippen LogP contribution < -0.4 is 4.74 Å². The van der Waals surface area contributed by atoms with Crippen LogP contribution in [0.1, 0.15) is 24.0 Å². The van der Waals surface area contributed by atoms with Crippen LogP contribution in [0.15, 0.2) is 18.2 Å². The Balaban J connectivity index is 1.81. The monoisotopic (exact) mass is 318 g/mol. The van der Waals surface area contributed by atoms with Crippen LogP contribution in [0.25, 0.3) is 0 Å². The van der Waals surface area contributed by atoms with E-state index in [1.807, 2.05) is 19.1 Å². The Morgan fingerprint density at radius 1 is 1.41 bits per heavy atom. The number of carbonyl (C=O) groups is 1. The number of carbonyl (C=O) groups excluding carboxylic acids is 1. The van der Waals surface area contributed by atoms with Gasteiger partial charge >= 0.3 is 5.97 Å². The lowest BCUT2D eigenvalue weighted by Crippen LogP contribution is -2.10. The van der Waals surface area contributed by atoms with Gasteiger partial charge in [-0.05, 0) is 48.6 Å². The average molecular weight is 318 g/mol. The first-order valence-electron chi connectivity index (χ1n) is 7.55. The van der Waals surface area contributed by atoms with Crippen molar-refractivity contribution in [1.82, 2.24) is 0 Å². The van der Waals surface area contributed by atoms with Crippen molar-refractivity contribution in [3.63, 3.8) is 0 Å². The highest BCUT2D eigenvalue weighted by molar-refractivity contribution is 8.35. The highest BCUT2D eigenvalue weighted by atomic mass is 32.3. The van der Waals surface area contributed by atoms with E-state index in [9.17, 15) is 4.79 Å². The number of hydrogen-bond acceptors (Lipinski definition) is 3. The van der Waals surface area contributed by atoms with Crippen molar-refractivity contribution in [3.05, 3.63) is 29.3 Å². The van der Waals surface area contributed by atoms with Gasteiger partial charge in [-0.25, -0.2) is 0 Å². The number of hydrogen-bond donors (Lipinski definition) is 0. The van der Waals surface area contributed by atoms with Crippen LogP contribution in [0.5, 0.6) is 5.75 Å². The molecule has 0 saturated heterocycles. The molecule has 1 aromatic carbocycles. The fourth-order valence-electron chi connectivity index (χ4n) is 2.98. The van der Waals surface area contributed by atoms with E-state index < -0.39 is 10.0 Å². The lowest BCUT2D eigenvalue weighted by Gasteiger charge is -2.17. The topological polar surface area (TPSA) is 35.5 Å². The minimum absolute atomic E-state index is 0.0304. The van der Waals surface area contributed by atoms with Crippen LogP contribution in [0.4, 0.5) is 0 Å². The van der Waals surface area contributed by atoms with Crippen LogP contribution >= 0.6 is 10.0 Å². The molecule has 2 aliphatic rings. The Bertz CT molecular complexity index is 663. The second kappa shape index (κ2) is 5.55. The van der Waals surface area contributed by atoms with E-state index in [0.29, 0.717) is 13.2 Å². The standard InChI is InChI=1S/C18H22O3S/c1-5-20-18(19)17-14-11-21-15-10-12(8-9-22(2,3)4)6-7-13(15)16(14)17/h6-7,10,14,16-17H,5,11H2,1-4H3. The van der Waals surface area contributed by atoms with Gasteiger partial charge in [-0.15, -0.1) is 0 Å². The molecule has 4 heteroatoms. The van der Waals surface area contributed by atoms with Crippen molar-refractivity contribution in [2.24, 2.45) is 11.8 Å². The first-order chi connectivity index (χ1) is 10.4. The SMILES string of the molecule is CCOC(=O)C1C2COc3cc(C#CS(C)(C)C)ccc3C21. The molecule has 1 aliphatic heterocycles. The highest BCUT2D eigenvalue weighted by Crippen LogP contribution is 2.59. The summed E-state index contributed by atoms with van der Waals surface area (Å²) < 4.78 is 11.0. The number of esters is 1. The Labute approximate surface area is 133 Å². The molecule has 0 amide bonds. The molecule has 118 valence electrons. The van der Waals surface area contributed by atoms with Crippen molar-refractivity contribution in [1.29, 1.82) is 0 Å². The Morgan fingerprint density at radius 2 is 2.18 bits per heavy atom. The van der Waals surface area contributed by atoms with Gasteiger partial charge in [0.05, 0.1) is 19.1 Å². The largest absolute Gasteiger partial charge is 0.493 e. The maximum atomic E-state index is 12.0. The van der Waals surface area contributed by atoms with Gasteiger partial charge in [0.1, 0.15) is 5.75 Å². The van der Waals surface area contributed by atoms with Crippen molar-refractivity contribution in [3.8, 4) is 16.9 Å². The molecule has 0 N–H and O–H groups in total. The summed E-state index contributed by atoms with van der Waals surface area (Å²) in [6.07, 6.45) is 6.52. The summed E-state index contributed by atoms with van der Waals surface area (Å²) >= 11 is 0. The summed E-state index contributed by atoms with van der Waals surface area (Å²) in [4.78, 5) is 12.0. The second-order valence-corrected chi connectivity index (χ2v) is 10.5. The van der Waals surface area contributed by atoms with Crippen molar-refractivity contribution >= 4 is 16.0 Å². The predicted molar refractivity (Wildman–Crippen MR) is 90.5 cm³/mol. The molecule has 1 heterocycles. The number of rotatable bonds is 2. The van der Waals surface area contributed by atoms with Gasteiger partial charge in [0, 0.05) is 17.4 Å². The van der Waals surface area contributed by atoms with Crippen molar-refractivity contribution in [2.45, 2.75) is 12.8 Å². The van der Waals surface area contributed by atoms with E-state index in [4.69, 9.17) is 9.47 Å². The van der Waals surface area contributed by atoms with Gasteiger partial charge in [0.25, 0.3) is 0 Å². The summed E-state index contributed by atoms with van der Waals surface area (Å²) in [6.45, 7) is 2.88. The van der Waals surface area contributed by atoms with Crippen molar-refractivity contribution < 1.29 is 14.3 Å². The zero-order chi connectivity index (χ0) is 15.9. The molecular formula is C18H22O3S. The fraction of sp³-hybridized carbons (Fsp3) is 0.500. The first-order valence-corrected chi connectivity index (χ1v) is 10.4. The molecule has 1 fully saturated rings. The third kappa shape index (κ3) is 2.96. The molecule has 0 spiro atoms. The van der Waals surface area contributed by atoms with Gasteiger partial charge < -0.3 is 9.47 Å². The summed E-state index contributed by atoms with van der Waals surface area (Å²) in [5.74, 6) is 4.53. The van der Waals surface area contributed by atoms with E-state index in [-0.39, 0.29) is 23.7 Å². The van der Waals surface area contributed by atoms with Gasteiger partial charge in [0.15, 0.2) is 0 Å². The molecule has 1 aliphatic carbocycles. The van der Waals surface area contributed by atoms with E-state index in [0.717, 1.165) is 16.9 Å². The molecule has 22 heavy (non-hydrogen) atoms. The molecule has 0 aromatic heterocycles. The molecule has 3 atom stereocenters. The summed E-state index contributed by atoms with van der Waals surface area (Å²) in [5.41, 5.74) is 2.11. The predicted octanol–water partition coefficient (Wildman–Crippen LogP) is 2.97. The first kappa shape index (κ1) is 15.3. The Kier molecular flexibility index (Phi) is 3.86. The zero-order valence-electron chi connectivity index (χ0n) is 13.5. The lowest BCUT2D eigenvalue weighted by atomic mass is 10.0. The number of benzene rings is 1. The third-order valence-electron chi connectivity index (χ3n) is 4.03. The highest BCUT2D eigenvalue weighted by Gasteiger charge is 2.59. The third-order valence-corrected chi connectivity index (χ3v) is 4.75. The minimum atomic E-state index is -0.836. The maximum Gasteiger partial charge on any atom is 0.309 e. The smallest absolute Gasteiger partial charge is 0.309 e. The van der Waals surface area contributed by atoms with Crippen LogP contribution in [0.2, 0.25) is 0 Å². The molecular weight excluding hydrogens is 296 g/mol. The number of fused-ring (bicyclic) bond motifs is 3. The maximum absolute atomic E-state index is 12.0. The lowest BCUT2D eigenvalue weighted by molar-refractivity contribution is -0.145. The van der Waals surface area contributed by atoms with Gasteiger partial charge in [-0.1, -0.05) is 12.0 Å². The molecule has 0 bridgehead atoms. The number of ether oxygens (including phenoxy) is 2. The van der Waals surface area contributed by atoms with E-state index >= 15 is 0 Å². The van der Waals surface area contributed by atoms with E-state index in [1.165, 1.54) is 0 Å². The summed E-state index contributed by atoms with van der Waals surface area (Å²) in [6, 6.07) is 6.10. The Morgan fingerprint density at radius 3 is 2.86 bits per heavy atom. The van der Waals surface area contributed by atoms with Crippen molar-refractivity contribution in [2.75, 3.05) is 32.0 Å². The molecule has 3 unspecified atom stereocenters. The average Bonchev–Trinajstić information content (AvgIpc) is 3.19. The van der Waals surface area contributed by atoms with E-state index in [1.54, 1.807) is 0 Å². The Hall–Kier alpha value is -1.60. The molecule has 0 radical (unpaired) electrons. The van der Waals surface area contributed by atoms with Gasteiger partial charge in [-0.2, -0.15) is 10.0 Å². The van der Waals surface area contributed by atoms with Gasteiger partial charge in [0.2, 0.25) is 0 Å². The van der Waals surface area contributed by atoms with Crippen LogP contribution in [-0.4, -0.2) is 38.0 Å². The zero-order valence-corrected chi connectivity index (χ0v) is 14.3. The molecule has 3 rings (SSSR count). The molecule has 1 aromatic rings. The van der Waals surface area contributed by atoms with Crippen LogP contribution in [0.3, 0.4) is 0 Å². The summed E-state index contributed by atoms with van der Waals surface area (Å²) in [7, 11) is -0.836. The summed E-state index contributed by atoms with van der Waals surface area (Å²) in [5, 5.41) is 3.31. The fourth-order valence-corrected chi connectivity index (χ4v) is 3.40.